The van der Waals surface area contributed by atoms with E-state index in [2.05, 4.69) is 22.6 Å². The molecule has 0 aliphatic heterocycles. The predicted molar refractivity (Wildman–Crippen MR) is 58.2 cm³/mol. The lowest BCUT2D eigenvalue weighted by Gasteiger charge is -2.01. The van der Waals surface area contributed by atoms with Gasteiger partial charge in [0.05, 0.1) is 5.69 Å². The van der Waals surface area contributed by atoms with Gasteiger partial charge in [-0.05, 0) is 12.5 Å². The molecule has 0 saturated carbocycles. The van der Waals surface area contributed by atoms with Crippen LogP contribution in [-0.4, -0.2) is 5.16 Å². The average Bonchev–Trinajstić information content (AvgIpc) is 2.66. The molecule has 0 amide bonds. The normalized spacial score (nSPS) is 10.5. The molecule has 0 bridgehead atoms. The maximum absolute atomic E-state index is 4.98. The average molecular weight is 202 g/mol. The van der Waals surface area contributed by atoms with Gasteiger partial charge < -0.3 is 9.84 Å². The van der Waals surface area contributed by atoms with Crippen LogP contribution in [0.25, 0.3) is 0 Å². The molecular weight excluding hydrogens is 188 g/mol. The molecule has 0 atom stereocenters. The molecule has 1 heterocycles. The van der Waals surface area contributed by atoms with Crippen molar-refractivity contribution in [2.24, 2.45) is 0 Å². The molecule has 0 saturated heterocycles. The fourth-order valence-corrected chi connectivity index (χ4v) is 1.43. The van der Waals surface area contributed by atoms with Gasteiger partial charge in [0.15, 0.2) is 0 Å². The summed E-state index contributed by atoms with van der Waals surface area (Å²) in [6, 6.07) is 12.2. The van der Waals surface area contributed by atoms with Crippen LogP contribution in [0.1, 0.15) is 17.0 Å². The summed E-state index contributed by atoms with van der Waals surface area (Å²) in [5.74, 6) is 0.853. The topological polar surface area (TPSA) is 38.1 Å². The first-order valence-corrected chi connectivity index (χ1v) is 5.01. The van der Waals surface area contributed by atoms with Crippen molar-refractivity contribution in [3.63, 3.8) is 0 Å². The monoisotopic (exact) mass is 202 g/mol. The molecule has 15 heavy (non-hydrogen) atoms. The van der Waals surface area contributed by atoms with Crippen LogP contribution < -0.4 is 5.32 Å². The summed E-state index contributed by atoms with van der Waals surface area (Å²) in [5, 5.41) is 7.22. The zero-order chi connectivity index (χ0) is 10.5. The van der Waals surface area contributed by atoms with E-state index in [-0.39, 0.29) is 0 Å². The Morgan fingerprint density at radius 1 is 1.20 bits per heavy atom. The first-order chi connectivity index (χ1) is 7.34. The molecule has 1 aromatic carbocycles. The van der Waals surface area contributed by atoms with Crippen LogP contribution in [0.3, 0.4) is 0 Å². The van der Waals surface area contributed by atoms with Crippen molar-refractivity contribution in [2.75, 3.05) is 0 Å². The second kappa shape index (κ2) is 4.75. The Hall–Kier alpha value is -1.61. The van der Waals surface area contributed by atoms with Gasteiger partial charge in [-0.1, -0.05) is 35.5 Å². The number of nitrogens with one attached hydrogen (secondary N) is 1. The number of hydrogen-bond donors (Lipinski definition) is 1. The third kappa shape index (κ3) is 2.92. The predicted octanol–water partition coefficient (Wildman–Crippen LogP) is 2.27. The minimum Gasteiger partial charge on any atom is -0.361 e. The molecule has 0 spiro atoms. The van der Waals surface area contributed by atoms with E-state index in [4.69, 9.17) is 4.52 Å². The molecule has 0 aliphatic rings. The Labute approximate surface area is 89.1 Å². The van der Waals surface area contributed by atoms with Gasteiger partial charge in [0, 0.05) is 19.2 Å². The van der Waals surface area contributed by atoms with Crippen LogP contribution in [0, 0.1) is 6.92 Å². The third-order valence-corrected chi connectivity index (χ3v) is 2.15. The van der Waals surface area contributed by atoms with E-state index in [9.17, 15) is 0 Å². The van der Waals surface area contributed by atoms with E-state index >= 15 is 0 Å². The molecule has 3 nitrogen and oxygen atoms in total. The summed E-state index contributed by atoms with van der Waals surface area (Å²) in [6.07, 6.45) is 0. The molecule has 0 unspecified atom stereocenters. The molecule has 2 aromatic rings. The Bertz CT molecular complexity index is 409. The summed E-state index contributed by atoms with van der Waals surface area (Å²) in [4.78, 5) is 0. The van der Waals surface area contributed by atoms with Gasteiger partial charge in [0.25, 0.3) is 0 Å². The minimum absolute atomic E-state index is 0.742. The van der Waals surface area contributed by atoms with Gasteiger partial charge in [-0.2, -0.15) is 0 Å². The lowest BCUT2D eigenvalue weighted by molar-refractivity contribution is 0.388. The summed E-state index contributed by atoms with van der Waals surface area (Å²) in [6.45, 7) is 3.49. The highest BCUT2D eigenvalue weighted by atomic mass is 16.5. The zero-order valence-corrected chi connectivity index (χ0v) is 8.73. The molecule has 2 rings (SSSR count). The number of benzene rings is 1. The molecule has 0 radical (unpaired) electrons. The van der Waals surface area contributed by atoms with Crippen molar-refractivity contribution in [1.82, 2.24) is 10.5 Å². The van der Waals surface area contributed by atoms with Crippen LogP contribution in [0.4, 0.5) is 0 Å². The highest BCUT2D eigenvalue weighted by Gasteiger charge is 1.98. The van der Waals surface area contributed by atoms with Crippen molar-refractivity contribution in [3.05, 3.63) is 53.4 Å². The first kappa shape index (κ1) is 9.93. The molecule has 1 N–H and O–H groups in total. The Kier molecular flexibility index (Phi) is 3.15. The summed E-state index contributed by atoms with van der Waals surface area (Å²) >= 11 is 0. The van der Waals surface area contributed by atoms with E-state index in [1.54, 1.807) is 0 Å². The van der Waals surface area contributed by atoms with Gasteiger partial charge in [-0.15, -0.1) is 0 Å². The largest absolute Gasteiger partial charge is 0.361 e. The Morgan fingerprint density at radius 3 is 2.67 bits per heavy atom. The van der Waals surface area contributed by atoms with E-state index in [0.717, 1.165) is 24.5 Å². The number of nitrogens with zero attached hydrogens (tertiary/aromatic N) is 1. The molecular formula is C12H14N2O. The fourth-order valence-electron chi connectivity index (χ4n) is 1.43. The summed E-state index contributed by atoms with van der Waals surface area (Å²) in [5.41, 5.74) is 2.22. The highest BCUT2D eigenvalue weighted by molar-refractivity contribution is 5.14. The van der Waals surface area contributed by atoms with Crippen molar-refractivity contribution in [2.45, 2.75) is 20.0 Å². The van der Waals surface area contributed by atoms with Crippen molar-refractivity contribution in [1.29, 1.82) is 0 Å². The Morgan fingerprint density at radius 2 is 2.00 bits per heavy atom. The summed E-state index contributed by atoms with van der Waals surface area (Å²) < 4.78 is 4.98. The van der Waals surface area contributed by atoms with Crippen LogP contribution in [-0.2, 0) is 13.1 Å². The Balaban J connectivity index is 1.80. The van der Waals surface area contributed by atoms with E-state index < -0.39 is 0 Å². The number of aryl methyl sites for hydroxylation is 1. The quantitative estimate of drug-likeness (QED) is 0.826. The van der Waals surface area contributed by atoms with E-state index in [1.165, 1.54) is 5.56 Å². The van der Waals surface area contributed by atoms with Gasteiger partial charge in [-0.25, -0.2) is 0 Å². The fraction of sp³-hybridized carbons (Fsp3) is 0.250. The molecule has 3 heteroatoms. The number of hydrogen-bond acceptors (Lipinski definition) is 3. The standard InChI is InChI=1S/C12H14N2O/c1-10-7-12(14-15-10)9-13-8-11-5-3-2-4-6-11/h2-7,13H,8-9H2,1H3. The lowest BCUT2D eigenvalue weighted by atomic mass is 10.2. The highest BCUT2D eigenvalue weighted by Crippen LogP contribution is 2.02. The molecule has 1 aromatic heterocycles. The van der Waals surface area contributed by atoms with Crippen molar-refractivity contribution in [3.8, 4) is 0 Å². The van der Waals surface area contributed by atoms with Gasteiger partial charge in [0.1, 0.15) is 5.76 Å². The second-order valence-corrected chi connectivity index (χ2v) is 3.52. The van der Waals surface area contributed by atoms with Crippen LogP contribution in [0.15, 0.2) is 40.9 Å². The molecule has 78 valence electrons. The number of rotatable bonds is 4. The van der Waals surface area contributed by atoms with Crippen LogP contribution >= 0.6 is 0 Å². The minimum atomic E-state index is 0.742. The maximum Gasteiger partial charge on any atom is 0.133 e. The lowest BCUT2D eigenvalue weighted by Crippen LogP contribution is -2.12. The van der Waals surface area contributed by atoms with Gasteiger partial charge in [-0.3, -0.25) is 0 Å². The van der Waals surface area contributed by atoms with Crippen LogP contribution in [0.5, 0.6) is 0 Å². The third-order valence-electron chi connectivity index (χ3n) is 2.15. The second-order valence-electron chi connectivity index (χ2n) is 3.52. The first-order valence-electron chi connectivity index (χ1n) is 5.01. The van der Waals surface area contributed by atoms with Gasteiger partial charge >= 0.3 is 0 Å². The van der Waals surface area contributed by atoms with Crippen LogP contribution in [0.2, 0.25) is 0 Å². The smallest absolute Gasteiger partial charge is 0.133 e. The van der Waals surface area contributed by atoms with Crippen molar-refractivity contribution >= 4 is 0 Å². The van der Waals surface area contributed by atoms with Crippen molar-refractivity contribution < 1.29 is 4.52 Å². The van der Waals surface area contributed by atoms with E-state index in [0.29, 0.717) is 0 Å². The maximum atomic E-state index is 4.98. The number of aromatic nitrogens is 1. The molecule has 0 aliphatic carbocycles. The summed E-state index contributed by atoms with van der Waals surface area (Å²) in [7, 11) is 0. The SMILES string of the molecule is Cc1cc(CNCc2ccccc2)no1. The van der Waals surface area contributed by atoms with Gasteiger partial charge in [0.2, 0.25) is 0 Å². The van der Waals surface area contributed by atoms with E-state index in [1.807, 2.05) is 31.2 Å². The molecule has 0 fully saturated rings. The zero-order valence-electron chi connectivity index (χ0n) is 8.73.